The summed E-state index contributed by atoms with van der Waals surface area (Å²) in [5, 5.41) is 11.3. The average molecular weight is 374 g/mol. The number of hydrogen-bond donors (Lipinski definition) is 2. The summed E-state index contributed by atoms with van der Waals surface area (Å²) in [6, 6.07) is 4.34. The topological polar surface area (TPSA) is 115 Å². The summed E-state index contributed by atoms with van der Waals surface area (Å²) in [5.74, 6) is -0.424. The molecule has 1 aromatic carbocycles. The number of carbonyl (C=O) groups excluding carboxylic acids is 1. The molecule has 0 aliphatic carbocycles. The molecule has 0 fully saturated rings. The van der Waals surface area contributed by atoms with Crippen LogP contribution in [0, 0.1) is 13.8 Å². The maximum atomic E-state index is 12.0. The minimum Gasteiger partial charge on any atom is -0.351 e. The summed E-state index contributed by atoms with van der Waals surface area (Å²) in [5.41, 5.74) is 1.41. The van der Waals surface area contributed by atoms with E-state index in [0.717, 1.165) is 0 Å². The van der Waals surface area contributed by atoms with Gasteiger partial charge in [-0.3, -0.25) is 4.79 Å². The van der Waals surface area contributed by atoms with Crippen LogP contribution in [0.15, 0.2) is 32.1 Å². The van der Waals surface area contributed by atoms with E-state index in [1.54, 1.807) is 13.8 Å². The lowest BCUT2D eigenvalue weighted by Crippen LogP contribution is -2.15. The lowest BCUT2D eigenvalue weighted by atomic mass is 10.2. The van der Waals surface area contributed by atoms with E-state index in [-0.39, 0.29) is 10.7 Å². The van der Waals surface area contributed by atoms with Crippen LogP contribution in [0.1, 0.15) is 21.8 Å². The third-order valence-corrected chi connectivity index (χ3v) is 4.38. The highest BCUT2D eigenvalue weighted by atomic mass is 79.9. The smallest absolute Gasteiger partial charge is 0.294 e. The van der Waals surface area contributed by atoms with Crippen molar-refractivity contribution < 1.29 is 17.7 Å². The second-order valence-corrected chi connectivity index (χ2v) is 6.81. The zero-order valence-electron chi connectivity index (χ0n) is 11.2. The first-order chi connectivity index (χ1) is 9.68. The Hall–Kier alpha value is -1.71. The number of primary sulfonamides is 1. The molecule has 0 bridgehead atoms. The van der Waals surface area contributed by atoms with Gasteiger partial charge in [0, 0.05) is 10.5 Å². The fourth-order valence-corrected chi connectivity index (χ4v) is 3.10. The predicted octanol–water partition coefficient (Wildman–Crippen LogP) is 1.95. The van der Waals surface area contributed by atoms with Gasteiger partial charge < -0.3 is 9.84 Å². The molecular formula is C12H12BrN3O4S. The Kier molecular flexibility index (Phi) is 4.17. The number of carbonyl (C=O) groups is 1. The Morgan fingerprint density at radius 1 is 1.33 bits per heavy atom. The van der Waals surface area contributed by atoms with E-state index in [1.807, 2.05) is 0 Å². The molecule has 0 atom stereocenters. The molecule has 1 aromatic heterocycles. The molecule has 2 aromatic rings. The van der Waals surface area contributed by atoms with Gasteiger partial charge in [0.2, 0.25) is 15.8 Å². The molecule has 7 nitrogen and oxygen atoms in total. The molecule has 21 heavy (non-hydrogen) atoms. The van der Waals surface area contributed by atoms with Crippen LogP contribution in [0.4, 0.5) is 5.69 Å². The van der Waals surface area contributed by atoms with Gasteiger partial charge in [0.25, 0.3) is 5.91 Å². The van der Waals surface area contributed by atoms with Crippen molar-refractivity contribution in [1.82, 2.24) is 5.16 Å². The SMILES string of the molecule is Cc1cc(C(=O)Nc2cc(C)c(S(N)(=O)=O)cc2Br)on1. The van der Waals surface area contributed by atoms with Gasteiger partial charge >= 0.3 is 0 Å². The number of aryl methyl sites for hydroxylation is 2. The Morgan fingerprint density at radius 3 is 2.52 bits per heavy atom. The summed E-state index contributed by atoms with van der Waals surface area (Å²) >= 11 is 3.20. The number of halogens is 1. The van der Waals surface area contributed by atoms with Crippen LogP contribution in [-0.4, -0.2) is 19.5 Å². The van der Waals surface area contributed by atoms with Crippen molar-refractivity contribution in [2.75, 3.05) is 5.32 Å². The number of nitrogens with two attached hydrogens (primary N) is 1. The number of rotatable bonds is 3. The van der Waals surface area contributed by atoms with Crippen LogP contribution in [0.25, 0.3) is 0 Å². The molecule has 3 N–H and O–H groups in total. The molecule has 1 amide bonds. The largest absolute Gasteiger partial charge is 0.351 e. The number of benzene rings is 1. The van der Waals surface area contributed by atoms with Crippen molar-refractivity contribution >= 4 is 37.5 Å². The van der Waals surface area contributed by atoms with Gasteiger partial charge in [-0.15, -0.1) is 0 Å². The molecule has 0 saturated carbocycles. The average Bonchev–Trinajstić information content (AvgIpc) is 2.78. The van der Waals surface area contributed by atoms with Crippen LogP contribution >= 0.6 is 15.9 Å². The van der Waals surface area contributed by atoms with Gasteiger partial charge in [-0.1, -0.05) is 5.16 Å². The van der Waals surface area contributed by atoms with Crippen LogP contribution in [0.3, 0.4) is 0 Å². The summed E-state index contributed by atoms with van der Waals surface area (Å²) in [7, 11) is -3.82. The zero-order valence-corrected chi connectivity index (χ0v) is 13.6. The van der Waals surface area contributed by atoms with E-state index >= 15 is 0 Å². The van der Waals surface area contributed by atoms with Crippen LogP contribution in [-0.2, 0) is 10.0 Å². The minimum atomic E-state index is -3.82. The number of hydrogen-bond acceptors (Lipinski definition) is 5. The van der Waals surface area contributed by atoms with Gasteiger partial charge in [-0.2, -0.15) is 0 Å². The van der Waals surface area contributed by atoms with Gasteiger partial charge in [0.15, 0.2) is 0 Å². The number of anilines is 1. The maximum absolute atomic E-state index is 12.0. The summed E-state index contributed by atoms with van der Waals surface area (Å²) in [6.07, 6.45) is 0. The highest BCUT2D eigenvalue weighted by Gasteiger charge is 2.17. The van der Waals surface area contributed by atoms with Crippen molar-refractivity contribution in [3.8, 4) is 0 Å². The zero-order chi connectivity index (χ0) is 15.8. The monoisotopic (exact) mass is 373 g/mol. The molecule has 0 unspecified atom stereocenters. The standard InChI is InChI=1S/C12H12BrN3O4S/c1-6-3-9(8(13)5-11(6)21(14,18)19)15-12(17)10-4-7(2)16-20-10/h3-5H,1-2H3,(H,15,17)(H2,14,18,19). The maximum Gasteiger partial charge on any atom is 0.294 e. The highest BCUT2D eigenvalue weighted by molar-refractivity contribution is 9.10. The number of sulfonamides is 1. The van der Waals surface area contributed by atoms with Crippen molar-refractivity contribution in [2.45, 2.75) is 18.7 Å². The normalized spacial score (nSPS) is 11.4. The molecular weight excluding hydrogens is 362 g/mol. The molecule has 0 aliphatic heterocycles. The first-order valence-corrected chi connectivity index (χ1v) is 8.10. The van der Waals surface area contributed by atoms with Crippen LogP contribution in [0.2, 0.25) is 0 Å². The van der Waals surface area contributed by atoms with Gasteiger partial charge in [0.1, 0.15) is 0 Å². The molecule has 112 valence electrons. The van der Waals surface area contributed by atoms with E-state index < -0.39 is 15.9 Å². The summed E-state index contributed by atoms with van der Waals surface area (Å²) in [6.45, 7) is 3.28. The van der Waals surface area contributed by atoms with Gasteiger partial charge in [-0.25, -0.2) is 13.6 Å². The highest BCUT2D eigenvalue weighted by Crippen LogP contribution is 2.28. The Morgan fingerprint density at radius 2 is 2.00 bits per heavy atom. The van der Waals surface area contributed by atoms with E-state index in [9.17, 15) is 13.2 Å². The first-order valence-electron chi connectivity index (χ1n) is 5.76. The Balaban J connectivity index is 2.34. The molecule has 0 radical (unpaired) electrons. The molecule has 0 saturated heterocycles. The first kappa shape index (κ1) is 15.7. The minimum absolute atomic E-state index is 0.0112. The predicted molar refractivity (Wildman–Crippen MR) is 79.4 cm³/mol. The molecule has 1 heterocycles. The van der Waals surface area contributed by atoms with E-state index in [2.05, 4.69) is 26.4 Å². The molecule has 0 spiro atoms. The number of nitrogens with zero attached hydrogens (tertiary/aromatic N) is 1. The lowest BCUT2D eigenvalue weighted by Gasteiger charge is -2.10. The number of aromatic nitrogens is 1. The third kappa shape index (κ3) is 3.49. The summed E-state index contributed by atoms with van der Waals surface area (Å²) in [4.78, 5) is 12.0. The van der Waals surface area contributed by atoms with Crippen molar-refractivity contribution in [1.29, 1.82) is 0 Å². The van der Waals surface area contributed by atoms with Gasteiger partial charge in [0.05, 0.1) is 16.3 Å². The second kappa shape index (κ2) is 5.58. The van der Waals surface area contributed by atoms with Crippen molar-refractivity contribution in [3.05, 3.63) is 39.7 Å². The molecule has 9 heteroatoms. The molecule has 2 rings (SSSR count). The van der Waals surface area contributed by atoms with E-state index in [4.69, 9.17) is 9.66 Å². The third-order valence-electron chi connectivity index (χ3n) is 2.67. The quantitative estimate of drug-likeness (QED) is 0.852. The summed E-state index contributed by atoms with van der Waals surface area (Å²) < 4.78 is 28.1. The fourth-order valence-electron chi connectivity index (χ4n) is 1.72. The number of nitrogens with one attached hydrogen (secondary N) is 1. The van der Waals surface area contributed by atoms with E-state index in [0.29, 0.717) is 21.4 Å². The number of amides is 1. The Labute approximate surface area is 129 Å². The van der Waals surface area contributed by atoms with E-state index in [1.165, 1.54) is 18.2 Å². The second-order valence-electron chi connectivity index (χ2n) is 4.43. The van der Waals surface area contributed by atoms with Gasteiger partial charge in [-0.05, 0) is 47.5 Å². The van der Waals surface area contributed by atoms with Crippen LogP contribution < -0.4 is 10.5 Å². The Bertz CT molecular complexity index is 814. The fraction of sp³-hybridized carbons (Fsp3) is 0.167. The molecule has 0 aliphatic rings. The van der Waals surface area contributed by atoms with Crippen molar-refractivity contribution in [3.63, 3.8) is 0 Å². The van der Waals surface area contributed by atoms with Crippen molar-refractivity contribution in [2.24, 2.45) is 5.14 Å². The lowest BCUT2D eigenvalue weighted by molar-refractivity contribution is 0.0988. The van der Waals surface area contributed by atoms with Crippen LogP contribution in [0.5, 0.6) is 0 Å².